The first-order valence-corrected chi connectivity index (χ1v) is 11.1. The maximum atomic E-state index is 12.8. The number of carbonyl (C=O) groups is 2. The molecule has 1 aliphatic heterocycles. The third kappa shape index (κ3) is 5.50. The number of rotatable bonds is 6. The fourth-order valence-electron chi connectivity index (χ4n) is 2.70. The highest BCUT2D eigenvalue weighted by Gasteiger charge is 2.28. The van der Waals surface area contributed by atoms with Crippen LogP contribution in [-0.4, -0.2) is 57.5 Å². The molecule has 1 aliphatic rings. The quantitative estimate of drug-likeness (QED) is 0.648. The summed E-state index contributed by atoms with van der Waals surface area (Å²) >= 11 is 11.9. The molecule has 0 spiro atoms. The summed E-state index contributed by atoms with van der Waals surface area (Å²) < 4.78 is 37.1. The summed E-state index contributed by atoms with van der Waals surface area (Å²) in [5.41, 5.74) is 0.455. The number of anilines is 1. The van der Waals surface area contributed by atoms with Gasteiger partial charge in [0.25, 0.3) is 5.91 Å². The molecule has 0 radical (unpaired) electrons. The predicted octanol–water partition coefficient (Wildman–Crippen LogP) is 2.81. The second kappa shape index (κ2) is 9.76. The third-order valence-corrected chi connectivity index (χ3v) is 6.85. The fourth-order valence-corrected chi connectivity index (χ4v) is 4.74. The first-order chi connectivity index (χ1) is 14.3. The number of carbonyl (C=O) groups excluding carboxylic acids is 2. The van der Waals surface area contributed by atoms with Gasteiger partial charge in [0.2, 0.25) is 10.0 Å². The first-order valence-electron chi connectivity index (χ1n) is 8.87. The summed E-state index contributed by atoms with van der Waals surface area (Å²) in [6.45, 7) is 0.486. The van der Waals surface area contributed by atoms with E-state index in [-0.39, 0.29) is 34.3 Å². The second-order valence-corrected chi connectivity index (χ2v) is 9.04. The number of morpholine rings is 1. The van der Waals surface area contributed by atoms with E-state index in [9.17, 15) is 18.0 Å². The average molecular weight is 473 g/mol. The highest BCUT2D eigenvalue weighted by molar-refractivity contribution is 7.89. The molecule has 1 N–H and O–H groups in total. The van der Waals surface area contributed by atoms with Crippen molar-refractivity contribution in [1.29, 1.82) is 0 Å². The molecule has 11 heteroatoms. The van der Waals surface area contributed by atoms with Gasteiger partial charge >= 0.3 is 5.97 Å². The number of amides is 1. The highest BCUT2D eigenvalue weighted by atomic mass is 35.5. The molecule has 1 saturated heterocycles. The van der Waals surface area contributed by atoms with Gasteiger partial charge in [-0.15, -0.1) is 0 Å². The lowest BCUT2D eigenvalue weighted by Crippen LogP contribution is -2.40. The van der Waals surface area contributed by atoms with Gasteiger partial charge in [-0.25, -0.2) is 13.2 Å². The summed E-state index contributed by atoms with van der Waals surface area (Å²) in [6.07, 6.45) is 0. The van der Waals surface area contributed by atoms with Crippen molar-refractivity contribution in [1.82, 2.24) is 4.31 Å². The highest BCUT2D eigenvalue weighted by Crippen LogP contribution is 2.28. The van der Waals surface area contributed by atoms with Crippen molar-refractivity contribution in [3.05, 3.63) is 58.1 Å². The number of nitrogens with zero attached hydrogens (tertiary/aromatic N) is 1. The van der Waals surface area contributed by atoms with Crippen molar-refractivity contribution in [2.45, 2.75) is 4.90 Å². The minimum Gasteiger partial charge on any atom is -0.452 e. The van der Waals surface area contributed by atoms with Gasteiger partial charge in [-0.3, -0.25) is 4.79 Å². The molecule has 3 rings (SSSR count). The van der Waals surface area contributed by atoms with Crippen LogP contribution in [-0.2, 0) is 24.3 Å². The van der Waals surface area contributed by atoms with E-state index >= 15 is 0 Å². The van der Waals surface area contributed by atoms with E-state index in [1.807, 2.05) is 0 Å². The number of sulfonamides is 1. The molecule has 0 aliphatic carbocycles. The summed E-state index contributed by atoms with van der Waals surface area (Å²) in [4.78, 5) is 24.0. The molecule has 0 saturated carbocycles. The van der Waals surface area contributed by atoms with Crippen LogP contribution >= 0.6 is 23.2 Å². The lowest BCUT2D eigenvalue weighted by atomic mass is 10.2. The van der Waals surface area contributed by atoms with Crippen LogP contribution in [0.5, 0.6) is 0 Å². The monoisotopic (exact) mass is 472 g/mol. The minimum absolute atomic E-state index is 0.0358. The normalized spacial score (nSPS) is 14.9. The van der Waals surface area contributed by atoms with Crippen molar-refractivity contribution >= 4 is 50.8 Å². The molecule has 0 unspecified atom stereocenters. The number of hydrogen-bond donors (Lipinski definition) is 1. The molecule has 0 bridgehead atoms. The Hall–Kier alpha value is -2.17. The Morgan fingerprint density at radius 2 is 1.73 bits per heavy atom. The maximum absolute atomic E-state index is 12.8. The predicted molar refractivity (Wildman–Crippen MR) is 111 cm³/mol. The number of benzene rings is 2. The van der Waals surface area contributed by atoms with Crippen molar-refractivity contribution in [2.24, 2.45) is 0 Å². The van der Waals surface area contributed by atoms with Crippen molar-refractivity contribution < 1.29 is 27.5 Å². The molecule has 160 valence electrons. The zero-order valence-electron chi connectivity index (χ0n) is 15.6. The van der Waals surface area contributed by atoms with Gasteiger partial charge in [-0.2, -0.15) is 4.31 Å². The van der Waals surface area contributed by atoms with Crippen LogP contribution in [0.15, 0.2) is 47.4 Å². The van der Waals surface area contributed by atoms with E-state index in [1.165, 1.54) is 46.8 Å². The van der Waals surface area contributed by atoms with Gasteiger partial charge in [0.1, 0.15) is 4.90 Å². The molecule has 1 fully saturated rings. The fraction of sp³-hybridized carbons (Fsp3) is 0.263. The van der Waals surface area contributed by atoms with Crippen LogP contribution in [0.4, 0.5) is 5.69 Å². The van der Waals surface area contributed by atoms with E-state index < -0.39 is 28.5 Å². The number of esters is 1. The van der Waals surface area contributed by atoms with E-state index in [1.54, 1.807) is 0 Å². The number of ether oxygens (including phenoxy) is 2. The SMILES string of the molecule is O=C(COC(=O)c1ccc(Cl)cc1)Nc1ccc(Cl)c(S(=O)(=O)N2CCOCC2)c1. The van der Waals surface area contributed by atoms with E-state index in [2.05, 4.69) is 5.32 Å². The molecule has 0 aromatic heterocycles. The summed E-state index contributed by atoms with van der Waals surface area (Å²) in [7, 11) is -3.84. The Kier molecular flexibility index (Phi) is 7.32. The number of hydrogen-bond acceptors (Lipinski definition) is 6. The molecular formula is C19H18Cl2N2O6S. The molecule has 1 amide bonds. The van der Waals surface area contributed by atoms with Crippen LogP contribution in [0, 0.1) is 0 Å². The number of nitrogens with one attached hydrogen (secondary N) is 1. The number of halogens is 2. The zero-order chi connectivity index (χ0) is 21.7. The molecule has 0 atom stereocenters. The molecular weight excluding hydrogens is 455 g/mol. The summed E-state index contributed by atoms with van der Waals surface area (Å²) in [5, 5.41) is 3.00. The second-order valence-electron chi connectivity index (χ2n) is 6.29. The Balaban J connectivity index is 1.65. The van der Waals surface area contributed by atoms with Gasteiger partial charge in [0.05, 0.1) is 23.8 Å². The molecule has 30 heavy (non-hydrogen) atoms. The summed E-state index contributed by atoms with van der Waals surface area (Å²) in [5.74, 6) is -1.32. The molecule has 2 aromatic rings. The van der Waals surface area contributed by atoms with Crippen LogP contribution in [0.2, 0.25) is 10.0 Å². The smallest absolute Gasteiger partial charge is 0.338 e. The van der Waals surface area contributed by atoms with Crippen LogP contribution in [0.1, 0.15) is 10.4 Å². The van der Waals surface area contributed by atoms with Crippen molar-refractivity contribution in [2.75, 3.05) is 38.2 Å². The Morgan fingerprint density at radius 1 is 1.07 bits per heavy atom. The van der Waals surface area contributed by atoms with Gasteiger partial charge < -0.3 is 14.8 Å². The lowest BCUT2D eigenvalue weighted by Gasteiger charge is -2.26. The zero-order valence-corrected chi connectivity index (χ0v) is 18.0. The summed E-state index contributed by atoms with van der Waals surface area (Å²) in [6, 6.07) is 10.1. The topological polar surface area (TPSA) is 102 Å². The van der Waals surface area contributed by atoms with Crippen LogP contribution in [0.3, 0.4) is 0 Å². The van der Waals surface area contributed by atoms with Crippen LogP contribution in [0.25, 0.3) is 0 Å². The van der Waals surface area contributed by atoms with E-state index in [4.69, 9.17) is 32.7 Å². The molecule has 1 heterocycles. The maximum Gasteiger partial charge on any atom is 0.338 e. The van der Waals surface area contributed by atoms with E-state index in [0.717, 1.165) is 0 Å². The van der Waals surface area contributed by atoms with Gasteiger partial charge in [0.15, 0.2) is 6.61 Å². The first kappa shape index (κ1) is 22.5. The van der Waals surface area contributed by atoms with Gasteiger partial charge in [-0.1, -0.05) is 23.2 Å². The minimum atomic E-state index is -3.84. The Bertz CT molecular complexity index is 1040. The molecule has 2 aromatic carbocycles. The van der Waals surface area contributed by atoms with Crippen molar-refractivity contribution in [3.8, 4) is 0 Å². The van der Waals surface area contributed by atoms with E-state index in [0.29, 0.717) is 18.2 Å². The lowest BCUT2D eigenvalue weighted by molar-refractivity contribution is -0.119. The van der Waals surface area contributed by atoms with Crippen molar-refractivity contribution in [3.63, 3.8) is 0 Å². The Labute approximate surface area is 183 Å². The standard InChI is InChI=1S/C19H18Cl2N2O6S/c20-14-3-1-13(2-4-14)19(25)29-12-18(24)22-15-5-6-16(21)17(11-15)30(26,27)23-7-9-28-10-8-23/h1-6,11H,7-10,12H2,(H,22,24). The largest absolute Gasteiger partial charge is 0.452 e. The van der Waals surface area contributed by atoms with Gasteiger partial charge in [-0.05, 0) is 42.5 Å². The van der Waals surface area contributed by atoms with Gasteiger partial charge in [0, 0.05) is 23.8 Å². The third-order valence-electron chi connectivity index (χ3n) is 4.22. The van der Waals surface area contributed by atoms with Crippen LogP contribution < -0.4 is 5.32 Å². The Morgan fingerprint density at radius 3 is 2.40 bits per heavy atom. The average Bonchev–Trinajstić information content (AvgIpc) is 2.74. The molecule has 8 nitrogen and oxygen atoms in total.